The Kier molecular flexibility index (Phi) is 6.13. The van der Waals surface area contributed by atoms with E-state index in [-0.39, 0.29) is 25.3 Å². The van der Waals surface area contributed by atoms with Gasteiger partial charge in [0.05, 0.1) is 36.9 Å². The molecule has 1 aliphatic carbocycles. The van der Waals surface area contributed by atoms with E-state index < -0.39 is 12.2 Å². The summed E-state index contributed by atoms with van der Waals surface area (Å²) in [5.41, 5.74) is 4.43. The third-order valence-corrected chi connectivity index (χ3v) is 5.82. The first-order chi connectivity index (χ1) is 15.6. The van der Waals surface area contributed by atoms with Crippen molar-refractivity contribution in [1.82, 2.24) is 10.0 Å². The topological polar surface area (TPSA) is 82.9 Å². The zero-order valence-corrected chi connectivity index (χ0v) is 18.2. The molecular weight excluding hydrogens is 406 g/mol. The number of ether oxygens (including phenoxy) is 2. The summed E-state index contributed by atoms with van der Waals surface area (Å²) < 4.78 is 10.6. The van der Waals surface area contributed by atoms with Gasteiger partial charge in [0.2, 0.25) is 0 Å². The molecule has 0 radical (unpaired) electrons. The molecule has 0 N–H and O–H groups in total. The molecule has 1 saturated carbocycles. The van der Waals surface area contributed by atoms with Crippen molar-refractivity contribution in [2.45, 2.75) is 38.8 Å². The molecule has 32 heavy (non-hydrogen) atoms. The standard InChI is InChI=1S/C25H25N3O4/c1-3-31-24(29)27-20-14-15-21(28(27)25(30)32-4-2)23(20)22(18-8-6-5-7-9-18)19-12-10-17(16-26)11-13-19/h5-13,20-21H,3-4,14-15H2,1-2H3/t20-,21+. The Bertz CT molecular complexity index is 1040. The highest BCUT2D eigenvalue weighted by molar-refractivity contribution is 5.87. The van der Waals surface area contributed by atoms with E-state index in [1.165, 1.54) is 10.0 Å². The van der Waals surface area contributed by atoms with Gasteiger partial charge in [0.25, 0.3) is 0 Å². The van der Waals surface area contributed by atoms with Crippen molar-refractivity contribution >= 4 is 17.8 Å². The lowest BCUT2D eigenvalue weighted by molar-refractivity contribution is -0.0378. The van der Waals surface area contributed by atoms with Crippen LogP contribution in [0.25, 0.3) is 5.57 Å². The number of nitriles is 1. The molecule has 1 saturated heterocycles. The molecule has 164 valence electrons. The van der Waals surface area contributed by atoms with Gasteiger partial charge in [-0.05, 0) is 61.1 Å². The van der Waals surface area contributed by atoms with Gasteiger partial charge in [-0.1, -0.05) is 42.5 Å². The molecule has 2 atom stereocenters. The first kappa shape index (κ1) is 21.4. The summed E-state index contributed by atoms with van der Waals surface area (Å²) in [6, 6.07) is 18.8. The summed E-state index contributed by atoms with van der Waals surface area (Å²) in [7, 11) is 0. The summed E-state index contributed by atoms with van der Waals surface area (Å²) in [4.78, 5) is 25.7. The minimum absolute atomic E-state index is 0.212. The van der Waals surface area contributed by atoms with Gasteiger partial charge in [-0.25, -0.2) is 19.6 Å². The Morgan fingerprint density at radius 2 is 1.38 bits per heavy atom. The predicted octanol–water partition coefficient (Wildman–Crippen LogP) is 4.74. The van der Waals surface area contributed by atoms with E-state index in [9.17, 15) is 14.9 Å². The zero-order valence-electron chi connectivity index (χ0n) is 18.2. The minimum Gasteiger partial charge on any atom is -0.448 e. The van der Waals surface area contributed by atoms with Gasteiger partial charge in [0, 0.05) is 0 Å². The maximum atomic E-state index is 12.9. The highest BCUT2D eigenvalue weighted by atomic mass is 16.6. The fourth-order valence-electron chi connectivity index (χ4n) is 4.62. The van der Waals surface area contributed by atoms with E-state index >= 15 is 0 Å². The Morgan fingerprint density at radius 3 is 1.84 bits per heavy atom. The second kappa shape index (κ2) is 9.15. The molecule has 7 nitrogen and oxygen atoms in total. The second-order valence-electron chi connectivity index (χ2n) is 7.58. The van der Waals surface area contributed by atoms with Gasteiger partial charge in [0.15, 0.2) is 0 Å². The number of amides is 2. The molecule has 2 fully saturated rings. The van der Waals surface area contributed by atoms with E-state index in [1.54, 1.807) is 26.0 Å². The van der Waals surface area contributed by atoms with E-state index in [2.05, 4.69) is 6.07 Å². The lowest BCUT2D eigenvalue weighted by atomic mass is 9.89. The van der Waals surface area contributed by atoms with Gasteiger partial charge in [0.1, 0.15) is 0 Å². The van der Waals surface area contributed by atoms with Crippen LogP contribution in [-0.2, 0) is 9.47 Å². The average Bonchev–Trinajstić information content (AvgIpc) is 3.37. The Labute approximate surface area is 187 Å². The Hall–Kier alpha value is -3.79. The molecular formula is C25H25N3O4. The molecule has 7 heteroatoms. The van der Waals surface area contributed by atoms with Crippen LogP contribution in [-0.4, -0.2) is 47.5 Å². The molecule has 0 aromatic heterocycles. The molecule has 1 heterocycles. The van der Waals surface area contributed by atoms with E-state index in [4.69, 9.17) is 9.47 Å². The summed E-state index contributed by atoms with van der Waals surface area (Å²) >= 11 is 0. The number of hydrazine groups is 1. The van der Waals surface area contributed by atoms with Crippen LogP contribution >= 0.6 is 0 Å². The summed E-state index contributed by atoms with van der Waals surface area (Å²) in [6.45, 7) is 3.90. The van der Waals surface area contributed by atoms with Crippen LogP contribution in [0.2, 0.25) is 0 Å². The van der Waals surface area contributed by atoms with Crippen LogP contribution in [0.15, 0.2) is 60.2 Å². The van der Waals surface area contributed by atoms with Gasteiger partial charge in [-0.2, -0.15) is 5.26 Å². The maximum Gasteiger partial charge on any atom is 0.429 e. The molecule has 2 aromatic carbocycles. The number of hydrogen-bond acceptors (Lipinski definition) is 5. The Balaban J connectivity index is 1.90. The fraction of sp³-hybridized carbons (Fsp3) is 0.320. The smallest absolute Gasteiger partial charge is 0.429 e. The van der Waals surface area contributed by atoms with Crippen molar-refractivity contribution in [3.8, 4) is 6.07 Å². The largest absolute Gasteiger partial charge is 0.448 e. The lowest BCUT2D eigenvalue weighted by Gasteiger charge is -2.35. The van der Waals surface area contributed by atoms with Crippen molar-refractivity contribution in [1.29, 1.82) is 5.26 Å². The highest BCUT2D eigenvalue weighted by Crippen LogP contribution is 2.47. The number of carbonyl (C=O) groups is 2. The first-order valence-electron chi connectivity index (χ1n) is 10.8. The van der Waals surface area contributed by atoms with Gasteiger partial charge < -0.3 is 9.47 Å². The quantitative estimate of drug-likeness (QED) is 0.698. The predicted molar refractivity (Wildman–Crippen MR) is 118 cm³/mol. The third-order valence-electron chi connectivity index (χ3n) is 5.82. The molecule has 0 unspecified atom stereocenters. The first-order valence-corrected chi connectivity index (χ1v) is 10.8. The number of benzene rings is 2. The minimum atomic E-state index is -0.558. The summed E-state index contributed by atoms with van der Waals surface area (Å²) in [5, 5.41) is 12.0. The Morgan fingerprint density at radius 1 is 0.875 bits per heavy atom. The van der Waals surface area contributed by atoms with Crippen LogP contribution < -0.4 is 0 Å². The molecule has 1 aliphatic heterocycles. The summed E-state index contributed by atoms with van der Waals surface area (Å²) in [6.07, 6.45) is 0.331. The molecule has 2 aromatic rings. The number of rotatable bonds is 4. The van der Waals surface area contributed by atoms with Crippen LogP contribution in [0.5, 0.6) is 0 Å². The van der Waals surface area contributed by atoms with Gasteiger partial charge in [-0.15, -0.1) is 0 Å². The number of fused-ring (bicyclic) bond motifs is 2. The zero-order chi connectivity index (χ0) is 22.7. The average molecular weight is 431 g/mol. The van der Waals surface area contributed by atoms with Crippen LogP contribution in [0.1, 0.15) is 43.4 Å². The van der Waals surface area contributed by atoms with Crippen molar-refractivity contribution in [2.24, 2.45) is 0 Å². The second-order valence-corrected chi connectivity index (χ2v) is 7.58. The van der Waals surface area contributed by atoms with Crippen molar-refractivity contribution in [3.63, 3.8) is 0 Å². The van der Waals surface area contributed by atoms with Crippen molar-refractivity contribution in [3.05, 3.63) is 76.9 Å². The number of carbonyl (C=O) groups excluding carboxylic acids is 2. The van der Waals surface area contributed by atoms with Crippen molar-refractivity contribution < 1.29 is 19.1 Å². The normalized spacial score (nSPS) is 20.7. The maximum absolute atomic E-state index is 12.9. The molecule has 4 rings (SSSR count). The van der Waals surface area contributed by atoms with Gasteiger partial charge in [-0.3, -0.25) is 0 Å². The van der Waals surface area contributed by atoms with Crippen LogP contribution in [0, 0.1) is 11.3 Å². The highest BCUT2D eigenvalue weighted by Gasteiger charge is 2.55. The number of hydrogen-bond donors (Lipinski definition) is 0. The van der Waals surface area contributed by atoms with Crippen LogP contribution in [0.4, 0.5) is 9.59 Å². The van der Waals surface area contributed by atoms with Crippen molar-refractivity contribution in [2.75, 3.05) is 13.2 Å². The van der Waals surface area contributed by atoms with E-state index in [0.29, 0.717) is 5.56 Å². The third kappa shape index (κ3) is 3.69. The molecule has 2 amide bonds. The molecule has 0 spiro atoms. The van der Waals surface area contributed by atoms with Gasteiger partial charge >= 0.3 is 12.2 Å². The molecule has 2 bridgehead atoms. The summed E-state index contributed by atoms with van der Waals surface area (Å²) in [5.74, 6) is 0. The lowest BCUT2D eigenvalue weighted by Crippen LogP contribution is -2.53. The fourth-order valence-corrected chi connectivity index (χ4v) is 4.62. The number of nitrogens with zero attached hydrogens (tertiary/aromatic N) is 3. The monoisotopic (exact) mass is 431 g/mol. The molecule has 2 aliphatic rings. The van der Waals surface area contributed by atoms with E-state index in [1.807, 2.05) is 42.5 Å². The van der Waals surface area contributed by atoms with E-state index in [0.717, 1.165) is 35.1 Å². The SMILES string of the molecule is CCOC(=O)N1[C@@H]2CC[C@@H](C2=C(c2ccccc2)c2ccc(C#N)cc2)N1C(=O)OCC. The van der Waals surface area contributed by atoms with Crippen LogP contribution in [0.3, 0.4) is 0 Å².